The molecule has 16 heavy (non-hydrogen) atoms. The van der Waals surface area contributed by atoms with Crippen molar-refractivity contribution in [3.63, 3.8) is 0 Å². The molecule has 0 radical (unpaired) electrons. The zero-order chi connectivity index (χ0) is 12.0. The molecule has 1 aromatic rings. The van der Waals surface area contributed by atoms with Crippen LogP contribution < -0.4 is 11.1 Å². The van der Waals surface area contributed by atoms with Crippen molar-refractivity contribution in [1.29, 1.82) is 0 Å². The van der Waals surface area contributed by atoms with Crippen LogP contribution in [0.3, 0.4) is 0 Å². The van der Waals surface area contributed by atoms with Crippen molar-refractivity contribution in [2.75, 3.05) is 6.54 Å². The minimum absolute atomic E-state index is 0.0602. The molecule has 3 N–H and O–H groups in total. The topological polar surface area (TPSA) is 55.1 Å². The van der Waals surface area contributed by atoms with Gasteiger partial charge in [0, 0.05) is 19.0 Å². The molecule has 1 unspecified atom stereocenters. The van der Waals surface area contributed by atoms with Crippen LogP contribution in [0, 0.1) is 6.92 Å². The normalized spacial score (nSPS) is 12.2. The van der Waals surface area contributed by atoms with Crippen LogP contribution in [-0.4, -0.2) is 18.5 Å². The van der Waals surface area contributed by atoms with Crippen molar-refractivity contribution in [3.8, 4) is 0 Å². The minimum atomic E-state index is 0.0602. The first kappa shape index (κ1) is 12.7. The van der Waals surface area contributed by atoms with E-state index in [2.05, 4.69) is 24.4 Å². The van der Waals surface area contributed by atoms with E-state index < -0.39 is 0 Å². The molecule has 0 saturated carbocycles. The first-order chi connectivity index (χ1) is 7.61. The second-order valence-electron chi connectivity index (χ2n) is 4.19. The van der Waals surface area contributed by atoms with E-state index in [0.29, 0.717) is 13.0 Å². The maximum Gasteiger partial charge on any atom is 0.220 e. The monoisotopic (exact) mass is 220 g/mol. The summed E-state index contributed by atoms with van der Waals surface area (Å²) in [5.74, 6) is 0.0689. The molecule has 1 amide bonds. The summed E-state index contributed by atoms with van der Waals surface area (Å²) in [4.78, 5) is 11.5. The highest BCUT2D eigenvalue weighted by Crippen LogP contribution is 2.06. The Morgan fingerprint density at radius 3 is 2.88 bits per heavy atom. The molecule has 0 aliphatic heterocycles. The Kier molecular flexibility index (Phi) is 4.99. The zero-order valence-electron chi connectivity index (χ0n) is 9.99. The number of aryl methyl sites for hydroxylation is 2. The third-order valence-electron chi connectivity index (χ3n) is 2.48. The molecule has 1 atom stereocenters. The molecule has 0 aliphatic rings. The summed E-state index contributed by atoms with van der Waals surface area (Å²) in [6.07, 6.45) is 1.30. The van der Waals surface area contributed by atoms with Gasteiger partial charge in [0.15, 0.2) is 0 Å². The van der Waals surface area contributed by atoms with Crippen LogP contribution in [0.2, 0.25) is 0 Å². The third-order valence-corrected chi connectivity index (χ3v) is 2.48. The Labute approximate surface area is 97.0 Å². The minimum Gasteiger partial charge on any atom is -0.352 e. The maximum atomic E-state index is 11.5. The lowest BCUT2D eigenvalue weighted by Crippen LogP contribution is -2.37. The van der Waals surface area contributed by atoms with E-state index >= 15 is 0 Å². The van der Waals surface area contributed by atoms with Gasteiger partial charge >= 0.3 is 0 Å². The second-order valence-corrected chi connectivity index (χ2v) is 4.19. The Morgan fingerprint density at radius 2 is 2.25 bits per heavy atom. The SMILES string of the molecule is Cc1cccc(CCC(=O)NC(C)CN)c1. The van der Waals surface area contributed by atoms with E-state index in [1.54, 1.807) is 0 Å². The van der Waals surface area contributed by atoms with Gasteiger partial charge in [-0.25, -0.2) is 0 Å². The van der Waals surface area contributed by atoms with Crippen molar-refractivity contribution in [2.24, 2.45) is 5.73 Å². The van der Waals surface area contributed by atoms with Crippen LogP contribution in [0.25, 0.3) is 0 Å². The van der Waals surface area contributed by atoms with Crippen LogP contribution >= 0.6 is 0 Å². The molecule has 1 rings (SSSR count). The van der Waals surface area contributed by atoms with Crippen molar-refractivity contribution < 1.29 is 4.79 Å². The summed E-state index contributed by atoms with van der Waals surface area (Å²) >= 11 is 0. The first-order valence-corrected chi connectivity index (χ1v) is 5.67. The number of nitrogens with one attached hydrogen (secondary N) is 1. The number of hydrogen-bond donors (Lipinski definition) is 2. The van der Waals surface area contributed by atoms with Gasteiger partial charge in [-0.3, -0.25) is 4.79 Å². The van der Waals surface area contributed by atoms with E-state index in [1.165, 1.54) is 11.1 Å². The highest BCUT2D eigenvalue weighted by Gasteiger charge is 2.05. The molecule has 0 saturated heterocycles. The predicted molar refractivity (Wildman–Crippen MR) is 66.2 cm³/mol. The van der Waals surface area contributed by atoms with Gasteiger partial charge in [-0.15, -0.1) is 0 Å². The van der Waals surface area contributed by atoms with Gasteiger partial charge in [0.05, 0.1) is 0 Å². The van der Waals surface area contributed by atoms with E-state index in [-0.39, 0.29) is 11.9 Å². The Balaban J connectivity index is 2.37. The predicted octanol–water partition coefficient (Wildman–Crippen LogP) is 1.39. The molecular weight excluding hydrogens is 200 g/mol. The fraction of sp³-hybridized carbons (Fsp3) is 0.462. The summed E-state index contributed by atoms with van der Waals surface area (Å²) in [5.41, 5.74) is 7.87. The molecule has 1 aromatic carbocycles. The molecule has 0 bridgehead atoms. The number of carbonyl (C=O) groups excluding carboxylic acids is 1. The summed E-state index contributed by atoms with van der Waals surface area (Å²) in [7, 11) is 0. The Bertz CT molecular complexity index is 350. The van der Waals surface area contributed by atoms with Crippen molar-refractivity contribution in [2.45, 2.75) is 32.7 Å². The summed E-state index contributed by atoms with van der Waals surface area (Å²) in [5, 5.41) is 2.85. The molecule has 0 heterocycles. The standard InChI is InChI=1S/C13H20N2O/c1-10-4-3-5-12(8-10)6-7-13(16)15-11(2)9-14/h3-5,8,11H,6-7,9,14H2,1-2H3,(H,15,16). The van der Waals surface area contributed by atoms with Crippen molar-refractivity contribution in [1.82, 2.24) is 5.32 Å². The van der Waals surface area contributed by atoms with Crippen LogP contribution in [0.1, 0.15) is 24.5 Å². The van der Waals surface area contributed by atoms with Crippen LogP contribution in [0.4, 0.5) is 0 Å². The lowest BCUT2D eigenvalue weighted by atomic mass is 10.1. The average molecular weight is 220 g/mol. The smallest absolute Gasteiger partial charge is 0.220 e. The van der Waals surface area contributed by atoms with E-state index in [9.17, 15) is 4.79 Å². The van der Waals surface area contributed by atoms with Crippen molar-refractivity contribution in [3.05, 3.63) is 35.4 Å². The summed E-state index contributed by atoms with van der Waals surface area (Å²) in [6, 6.07) is 8.29. The number of carbonyl (C=O) groups is 1. The lowest BCUT2D eigenvalue weighted by Gasteiger charge is -2.11. The fourth-order valence-corrected chi connectivity index (χ4v) is 1.53. The van der Waals surface area contributed by atoms with Crippen molar-refractivity contribution >= 4 is 5.91 Å². The van der Waals surface area contributed by atoms with Gasteiger partial charge in [-0.1, -0.05) is 29.8 Å². The summed E-state index contributed by atoms with van der Waals surface area (Å²) < 4.78 is 0. The largest absolute Gasteiger partial charge is 0.352 e. The van der Waals surface area contributed by atoms with Crippen LogP contribution in [-0.2, 0) is 11.2 Å². The third kappa shape index (κ3) is 4.45. The van der Waals surface area contributed by atoms with E-state index in [0.717, 1.165) is 6.42 Å². The quantitative estimate of drug-likeness (QED) is 0.788. The second kappa shape index (κ2) is 6.28. The van der Waals surface area contributed by atoms with E-state index in [4.69, 9.17) is 5.73 Å². The van der Waals surface area contributed by atoms with Crippen LogP contribution in [0.15, 0.2) is 24.3 Å². The highest BCUT2D eigenvalue weighted by molar-refractivity contribution is 5.76. The van der Waals surface area contributed by atoms with Gasteiger partial charge in [-0.05, 0) is 25.8 Å². The van der Waals surface area contributed by atoms with Gasteiger partial charge in [-0.2, -0.15) is 0 Å². The zero-order valence-corrected chi connectivity index (χ0v) is 9.99. The van der Waals surface area contributed by atoms with Gasteiger partial charge in [0.1, 0.15) is 0 Å². The molecule has 0 spiro atoms. The molecular formula is C13H20N2O. The molecule has 0 fully saturated rings. The van der Waals surface area contributed by atoms with Gasteiger partial charge in [0.25, 0.3) is 0 Å². The molecule has 0 aromatic heterocycles. The molecule has 3 heteroatoms. The number of benzene rings is 1. The maximum absolute atomic E-state index is 11.5. The number of amides is 1. The summed E-state index contributed by atoms with van der Waals surface area (Å²) in [6.45, 7) is 4.45. The lowest BCUT2D eigenvalue weighted by molar-refractivity contribution is -0.121. The fourth-order valence-electron chi connectivity index (χ4n) is 1.53. The molecule has 88 valence electrons. The molecule has 3 nitrogen and oxygen atoms in total. The first-order valence-electron chi connectivity index (χ1n) is 5.67. The Morgan fingerprint density at radius 1 is 1.50 bits per heavy atom. The van der Waals surface area contributed by atoms with E-state index in [1.807, 2.05) is 19.1 Å². The van der Waals surface area contributed by atoms with Gasteiger partial charge < -0.3 is 11.1 Å². The van der Waals surface area contributed by atoms with Gasteiger partial charge in [0.2, 0.25) is 5.91 Å². The Hall–Kier alpha value is -1.35. The number of nitrogens with two attached hydrogens (primary N) is 1. The number of hydrogen-bond acceptors (Lipinski definition) is 2. The molecule has 0 aliphatic carbocycles. The average Bonchev–Trinajstić information content (AvgIpc) is 2.26. The number of rotatable bonds is 5. The highest BCUT2D eigenvalue weighted by atomic mass is 16.1. The van der Waals surface area contributed by atoms with Crippen LogP contribution in [0.5, 0.6) is 0 Å².